The Morgan fingerprint density at radius 1 is 1.83 bits per heavy atom. The highest BCUT2D eigenvalue weighted by atomic mass is 16.2. The Morgan fingerprint density at radius 2 is 2.42 bits per heavy atom. The van der Waals surface area contributed by atoms with Gasteiger partial charge in [-0.3, -0.25) is 4.79 Å². The molecule has 0 radical (unpaired) electrons. The molecule has 0 bridgehead atoms. The highest BCUT2D eigenvalue weighted by Gasteiger charge is 2.49. The lowest BCUT2D eigenvalue weighted by Crippen LogP contribution is -2.40. The van der Waals surface area contributed by atoms with Crippen LogP contribution in [0.5, 0.6) is 0 Å². The quantitative estimate of drug-likeness (QED) is 0.653. The molecule has 3 nitrogen and oxygen atoms in total. The predicted molar refractivity (Wildman–Crippen MR) is 48.6 cm³/mol. The highest BCUT2D eigenvalue weighted by molar-refractivity contribution is 5.81. The van der Waals surface area contributed by atoms with E-state index in [2.05, 4.69) is 19.2 Å². The zero-order valence-corrected chi connectivity index (χ0v) is 8.05. The topological polar surface area (TPSA) is 55.1 Å². The highest BCUT2D eigenvalue weighted by Crippen LogP contribution is 2.48. The molecule has 0 aromatic heterocycles. The van der Waals surface area contributed by atoms with Crippen molar-refractivity contribution < 1.29 is 4.79 Å². The van der Waals surface area contributed by atoms with Crippen LogP contribution in [0.15, 0.2) is 0 Å². The molecule has 0 aromatic carbocycles. The molecule has 1 saturated carbocycles. The number of nitrogens with two attached hydrogens (primary N) is 1. The summed E-state index contributed by atoms with van der Waals surface area (Å²) in [5.74, 6) is -0.0304. The molecule has 2 unspecified atom stereocenters. The largest absolute Gasteiger partial charge is 0.351 e. The minimum Gasteiger partial charge on any atom is -0.351 e. The lowest BCUT2D eigenvalue weighted by atomic mass is 10.1. The van der Waals surface area contributed by atoms with Crippen LogP contribution in [-0.4, -0.2) is 18.0 Å². The summed E-state index contributed by atoms with van der Waals surface area (Å²) in [6.45, 7) is 6.05. The van der Waals surface area contributed by atoms with Gasteiger partial charge in [0, 0.05) is 6.04 Å². The van der Waals surface area contributed by atoms with Crippen LogP contribution < -0.4 is 11.1 Å². The van der Waals surface area contributed by atoms with Crippen molar-refractivity contribution in [2.75, 3.05) is 0 Å². The van der Waals surface area contributed by atoms with Gasteiger partial charge in [-0.25, -0.2) is 0 Å². The molecule has 0 heterocycles. The van der Waals surface area contributed by atoms with Crippen molar-refractivity contribution in [3.05, 3.63) is 0 Å². The first-order chi connectivity index (χ1) is 5.49. The van der Waals surface area contributed by atoms with Gasteiger partial charge in [0.15, 0.2) is 0 Å². The molecule has 0 aliphatic heterocycles. The maximum atomic E-state index is 11.2. The average Bonchev–Trinajstić information content (AvgIpc) is 2.63. The van der Waals surface area contributed by atoms with Crippen LogP contribution in [0.2, 0.25) is 0 Å². The summed E-state index contributed by atoms with van der Waals surface area (Å²) in [7, 11) is 0. The number of hydrogen-bond donors (Lipinski definition) is 2. The van der Waals surface area contributed by atoms with Crippen LogP contribution in [0.25, 0.3) is 0 Å². The Kier molecular flexibility index (Phi) is 2.42. The second-order valence-electron chi connectivity index (χ2n) is 4.06. The molecule has 1 fully saturated rings. The standard InChI is InChI=1S/C9H18N2O/c1-4-9(3)5-7(9)11-8(12)6(2)10/h6-7H,4-5,10H2,1-3H3,(H,11,12)/t6-,7?,9?/m1/s1. The van der Waals surface area contributed by atoms with E-state index in [9.17, 15) is 4.79 Å². The van der Waals surface area contributed by atoms with E-state index in [-0.39, 0.29) is 11.9 Å². The van der Waals surface area contributed by atoms with E-state index in [0.717, 1.165) is 12.8 Å². The zero-order chi connectivity index (χ0) is 9.35. The molecule has 1 rings (SSSR count). The van der Waals surface area contributed by atoms with Gasteiger partial charge in [-0.15, -0.1) is 0 Å². The number of carbonyl (C=O) groups is 1. The van der Waals surface area contributed by atoms with E-state index in [1.807, 2.05) is 0 Å². The van der Waals surface area contributed by atoms with Crippen molar-refractivity contribution in [3.63, 3.8) is 0 Å². The van der Waals surface area contributed by atoms with E-state index in [0.29, 0.717) is 11.5 Å². The van der Waals surface area contributed by atoms with Gasteiger partial charge in [0.05, 0.1) is 6.04 Å². The Bertz CT molecular complexity index is 191. The van der Waals surface area contributed by atoms with Crippen molar-refractivity contribution in [2.24, 2.45) is 11.1 Å². The average molecular weight is 170 g/mol. The Balaban J connectivity index is 2.32. The van der Waals surface area contributed by atoms with Crippen molar-refractivity contribution in [2.45, 2.75) is 45.7 Å². The van der Waals surface area contributed by atoms with E-state index < -0.39 is 0 Å². The number of hydrogen-bond acceptors (Lipinski definition) is 2. The summed E-state index contributed by atoms with van der Waals surface area (Å²) in [6.07, 6.45) is 2.22. The first-order valence-corrected chi connectivity index (χ1v) is 4.55. The van der Waals surface area contributed by atoms with Crippen LogP contribution in [0.1, 0.15) is 33.6 Å². The van der Waals surface area contributed by atoms with Gasteiger partial charge in [0.2, 0.25) is 5.91 Å². The van der Waals surface area contributed by atoms with Gasteiger partial charge < -0.3 is 11.1 Å². The van der Waals surface area contributed by atoms with Gasteiger partial charge in [-0.05, 0) is 25.2 Å². The molecule has 0 saturated heterocycles. The molecule has 1 aliphatic carbocycles. The third-order valence-corrected chi connectivity index (χ3v) is 2.89. The molecule has 12 heavy (non-hydrogen) atoms. The van der Waals surface area contributed by atoms with Gasteiger partial charge in [-0.1, -0.05) is 13.8 Å². The lowest BCUT2D eigenvalue weighted by Gasteiger charge is -2.10. The van der Waals surface area contributed by atoms with Crippen molar-refractivity contribution in [1.29, 1.82) is 0 Å². The third kappa shape index (κ3) is 1.78. The van der Waals surface area contributed by atoms with Crippen LogP contribution >= 0.6 is 0 Å². The van der Waals surface area contributed by atoms with E-state index in [4.69, 9.17) is 5.73 Å². The maximum Gasteiger partial charge on any atom is 0.236 e. The smallest absolute Gasteiger partial charge is 0.236 e. The second-order valence-corrected chi connectivity index (χ2v) is 4.06. The normalized spacial score (nSPS) is 35.8. The maximum absolute atomic E-state index is 11.2. The molecule has 3 heteroatoms. The summed E-state index contributed by atoms with van der Waals surface area (Å²) in [6, 6.07) is -0.0206. The number of carbonyl (C=O) groups excluding carboxylic acids is 1. The fourth-order valence-corrected chi connectivity index (χ4v) is 1.33. The fourth-order valence-electron chi connectivity index (χ4n) is 1.33. The molecular formula is C9H18N2O. The molecule has 1 amide bonds. The molecule has 3 N–H and O–H groups in total. The van der Waals surface area contributed by atoms with Crippen LogP contribution in [-0.2, 0) is 4.79 Å². The zero-order valence-electron chi connectivity index (χ0n) is 8.05. The summed E-state index contributed by atoms with van der Waals surface area (Å²) in [5, 5.41) is 2.93. The summed E-state index contributed by atoms with van der Waals surface area (Å²) < 4.78 is 0. The lowest BCUT2D eigenvalue weighted by molar-refractivity contribution is -0.122. The summed E-state index contributed by atoms with van der Waals surface area (Å²) in [5.41, 5.74) is 5.77. The van der Waals surface area contributed by atoms with Crippen molar-refractivity contribution >= 4 is 5.91 Å². The van der Waals surface area contributed by atoms with Crippen LogP contribution in [0.4, 0.5) is 0 Å². The third-order valence-electron chi connectivity index (χ3n) is 2.89. The predicted octanol–water partition coefficient (Wildman–Crippen LogP) is 0.638. The molecule has 0 spiro atoms. The number of amides is 1. The Morgan fingerprint density at radius 3 is 2.75 bits per heavy atom. The minimum atomic E-state index is -0.383. The first-order valence-electron chi connectivity index (χ1n) is 4.55. The summed E-state index contributed by atoms with van der Waals surface area (Å²) in [4.78, 5) is 11.2. The monoisotopic (exact) mass is 170 g/mol. The SMILES string of the molecule is CCC1(C)CC1NC(=O)[C@@H](C)N. The minimum absolute atomic E-state index is 0.0304. The van der Waals surface area contributed by atoms with Crippen LogP contribution in [0, 0.1) is 5.41 Å². The van der Waals surface area contributed by atoms with Crippen molar-refractivity contribution in [3.8, 4) is 0 Å². The molecule has 1 aliphatic rings. The van der Waals surface area contributed by atoms with E-state index in [1.165, 1.54) is 0 Å². The Hall–Kier alpha value is -0.570. The van der Waals surface area contributed by atoms with Crippen molar-refractivity contribution in [1.82, 2.24) is 5.32 Å². The van der Waals surface area contributed by atoms with E-state index >= 15 is 0 Å². The number of rotatable bonds is 3. The summed E-state index contributed by atoms with van der Waals surface area (Å²) >= 11 is 0. The van der Waals surface area contributed by atoms with Gasteiger partial charge in [0.1, 0.15) is 0 Å². The van der Waals surface area contributed by atoms with Gasteiger partial charge in [-0.2, -0.15) is 0 Å². The Labute approximate surface area is 73.7 Å². The van der Waals surface area contributed by atoms with Gasteiger partial charge >= 0.3 is 0 Å². The van der Waals surface area contributed by atoms with Crippen LogP contribution in [0.3, 0.4) is 0 Å². The number of nitrogens with one attached hydrogen (secondary N) is 1. The van der Waals surface area contributed by atoms with Gasteiger partial charge in [0.25, 0.3) is 0 Å². The molecule has 70 valence electrons. The first kappa shape index (κ1) is 9.52. The van der Waals surface area contributed by atoms with E-state index in [1.54, 1.807) is 6.92 Å². The molecular weight excluding hydrogens is 152 g/mol. The second kappa shape index (κ2) is 3.05. The molecule has 0 aromatic rings. The molecule has 3 atom stereocenters. The fraction of sp³-hybridized carbons (Fsp3) is 0.889.